The summed E-state index contributed by atoms with van der Waals surface area (Å²) in [5.41, 5.74) is 8.49. The van der Waals surface area contributed by atoms with Gasteiger partial charge in [0, 0.05) is 50.4 Å². The van der Waals surface area contributed by atoms with Crippen LogP contribution in [0.3, 0.4) is 0 Å². The minimum absolute atomic E-state index is 0.873. The predicted octanol–water partition coefficient (Wildman–Crippen LogP) is 13.6. The van der Waals surface area contributed by atoms with Crippen molar-refractivity contribution < 1.29 is 4.42 Å². The van der Waals surface area contributed by atoms with E-state index in [2.05, 4.69) is 179 Å². The van der Waals surface area contributed by atoms with E-state index in [0.29, 0.717) is 0 Å². The average molecular weight is 651 g/mol. The van der Waals surface area contributed by atoms with E-state index in [-0.39, 0.29) is 0 Å². The number of anilines is 3. The number of hydrogen-bond acceptors (Lipinski definition) is 2. The number of aromatic nitrogens is 1. The molecule has 0 bridgehead atoms. The number of nitrogens with zero attached hydrogens (tertiary/aromatic N) is 2. The second-order valence-corrected chi connectivity index (χ2v) is 13.3. The van der Waals surface area contributed by atoms with Gasteiger partial charge in [0.2, 0.25) is 0 Å². The third-order valence-electron chi connectivity index (χ3n) is 10.6. The predicted molar refractivity (Wildman–Crippen MR) is 215 cm³/mol. The summed E-state index contributed by atoms with van der Waals surface area (Å²) in [7, 11) is 0. The van der Waals surface area contributed by atoms with Crippen LogP contribution in [0.15, 0.2) is 186 Å². The molecule has 0 saturated carbocycles. The van der Waals surface area contributed by atoms with E-state index in [0.717, 1.165) is 44.7 Å². The summed E-state index contributed by atoms with van der Waals surface area (Å²) in [5.74, 6) is 0. The molecule has 0 unspecified atom stereocenters. The van der Waals surface area contributed by atoms with Crippen LogP contribution in [0.1, 0.15) is 0 Å². The van der Waals surface area contributed by atoms with Crippen LogP contribution in [0.5, 0.6) is 0 Å². The lowest BCUT2D eigenvalue weighted by Crippen LogP contribution is -2.10. The molecule has 2 aromatic heterocycles. The molecule has 0 radical (unpaired) electrons. The highest BCUT2D eigenvalue weighted by molar-refractivity contribution is 6.26. The zero-order valence-corrected chi connectivity index (χ0v) is 27.6. The van der Waals surface area contributed by atoms with Crippen LogP contribution in [0.2, 0.25) is 0 Å². The minimum Gasteiger partial charge on any atom is -0.456 e. The van der Waals surface area contributed by atoms with Gasteiger partial charge in [-0.25, -0.2) is 0 Å². The van der Waals surface area contributed by atoms with Crippen LogP contribution >= 0.6 is 0 Å². The normalized spacial score (nSPS) is 11.9. The van der Waals surface area contributed by atoms with Crippen LogP contribution in [0.4, 0.5) is 17.1 Å². The van der Waals surface area contributed by atoms with Crippen molar-refractivity contribution in [3.63, 3.8) is 0 Å². The van der Waals surface area contributed by atoms with Crippen molar-refractivity contribution in [1.82, 2.24) is 4.57 Å². The fourth-order valence-corrected chi connectivity index (χ4v) is 8.29. The molecule has 0 atom stereocenters. The molecule has 0 aliphatic carbocycles. The standard InChI is InChI=1S/C48H30N2O/c1-2-13-37-35(11-1)36-12-3-4-14-38(36)44-29-33(25-27-39(37)44)49(34-26-28-43-42-17-7-10-20-47(42)51-48(43)30-34)31-21-23-32(24-22-31)50-45-18-8-5-15-40(45)41-16-6-9-19-46(41)50/h1-30H. The lowest BCUT2D eigenvalue weighted by molar-refractivity contribution is 0.669. The fourth-order valence-electron chi connectivity index (χ4n) is 8.29. The first kappa shape index (κ1) is 28.0. The van der Waals surface area contributed by atoms with Gasteiger partial charge in [0.05, 0.1) is 11.0 Å². The van der Waals surface area contributed by atoms with Crippen molar-refractivity contribution in [3.8, 4) is 5.69 Å². The van der Waals surface area contributed by atoms with Gasteiger partial charge in [-0.1, -0.05) is 109 Å². The van der Waals surface area contributed by atoms with Crippen molar-refractivity contribution in [3.05, 3.63) is 182 Å². The van der Waals surface area contributed by atoms with Crippen molar-refractivity contribution >= 4 is 93.1 Å². The topological polar surface area (TPSA) is 21.3 Å². The SMILES string of the molecule is c1ccc2c(c1)oc1cc(N(c3ccc(-n4c5ccccc5c5ccccc54)cc3)c3ccc4c5ccccc5c5ccccc5c4c3)ccc12. The van der Waals surface area contributed by atoms with Gasteiger partial charge in [0.15, 0.2) is 0 Å². The lowest BCUT2D eigenvalue weighted by Gasteiger charge is -2.26. The van der Waals surface area contributed by atoms with E-state index in [4.69, 9.17) is 4.42 Å². The molecule has 51 heavy (non-hydrogen) atoms. The first-order chi connectivity index (χ1) is 25.3. The monoisotopic (exact) mass is 650 g/mol. The van der Waals surface area contributed by atoms with E-state index < -0.39 is 0 Å². The molecule has 0 amide bonds. The van der Waals surface area contributed by atoms with Gasteiger partial charge < -0.3 is 13.9 Å². The van der Waals surface area contributed by atoms with Gasteiger partial charge >= 0.3 is 0 Å². The van der Waals surface area contributed by atoms with Crippen molar-refractivity contribution in [2.45, 2.75) is 0 Å². The molecule has 11 aromatic rings. The quantitative estimate of drug-likeness (QED) is 0.177. The summed E-state index contributed by atoms with van der Waals surface area (Å²) in [6.07, 6.45) is 0. The Labute approximate surface area is 293 Å². The summed E-state index contributed by atoms with van der Waals surface area (Å²) in [6.45, 7) is 0. The number of benzene rings is 9. The maximum absolute atomic E-state index is 6.41. The van der Waals surface area contributed by atoms with Crippen molar-refractivity contribution in [2.24, 2.45) is 0 Å². The summed E-state index contributed by atoms with van der Waals surface area (Å²) in [5, 5.41) is 12.3. The number of hydrogen-bond donors (Lipinski definition) is 0. The van der Waals surface area contributed by atoms with Crippen LogP contribution in [-0.4, -0.2) is 4.57 Å². The fraction of sp³-hybridized carbons (Fsp3) is 0. The number of para-hydroxylation sites is 3. The minimum atomic E-state index is 0.873. The number of rotatable bonds is 4. The summed E-state index contributed by atoms with van der Waals surface area (Å²) in [6, 6.07) is 65.6. The van der Waals surface area contributed by atoms with Crippen LogP contribution in [0.25, 0.3) is 81.7 Å². The molecule has 9 aromatic carbocycles. The number of furan rings is 1. The van der Waals surface area contributed by atoms with Gasteiger partial charge in [-0.15, -0.1) is 0 Å². The second-order valence-electron chi connectivity index (χ2n) is 13.3. The Bertz CT molecular complexity index is 3060. The van der Waals surface area contributed by atoms with Gasteiger partial charge in [-0.3, -0.25) is 0 Å². The molecule has 238 valence electrons. The second kappa shape index (κ2) is 10.8. The largest absolute Gasteiger partial charge is 0.456 e. The van der Waals surface area contributed by atoms with E-state index in [9.17, 15) is 0 Å². The Morgan fingerprint density at radius 1 is 0.314 bits per heavy atom. The van der Waals surface area contributed by atoms with Crippen LogP contribution in [-0.2, 0) is 0 Å². The van der Waals surface area contributed by atoms with Crippen molar-refractivity contribution in [1.29, 1.82) is 0 Å². The van der Waals surface area contributed by atoms with E-state index in [1.165, 1.54) is 54.1 Å². The number of fused-ring (bicyclic) bond motifs is 12. The van der Waals surface area contributed by atoms with Gasteiger partial charge in [-0.05, 0) is 99.0 Å². The molecule has 0 N–H and O–H groups in total. The molecule has 0 saturated heterocycles. The Morgan fingerprint density at radius 3 is 1.37 bits per heavy atom. The highest BCUT2D eigenvalue weighted by atomic mass is 16.3. The van der Waals surface area contributed by atoms with Crippen LogP contribution < -0.4 is 4.90 Å². The maximum atomic E-state index is 6.41. The molecular formula is C48H30N2O. The van der Waals surface area contributed by atoms with E-state index >= 15 is 0 Å². The van der Waals surface area contributed by atoms with E-state index in [1.54, 1.807) is 0 Å². The first-order valence-corrected chi connectivity index (χ1v) is 17.4. The van der Waals surface area contributed by atoms with Crippen molar-refractivity contribution in [2.75, 3.05) is 4.90 Å². The zero-order chi connectivity index (χ0) is 33.5. The molecular weight excluding hydrogens is 621 g/mol. The smallest absolute Gasteiger partial charge is 0.137 e. The Morgan fingerprint density at radius 2 is 0.745 bits per heavy atom. The molecule has 11 rings (SSSR count). The highest BCUT2D eigenvalue weighted by Crippen LogP contribution is 2.43. The average Bonchev–Trinajstić information content (AvgIpc) is 3.74. The zero-order valence-electron chi connectivity index (χ0n) is 27.6. The molecule has 3 nitrogen and oxygen atoms in total. The molecule has 0 spiro atoms. The maximum Gasteiger partial charge on any atom is 0.137 e. The van der Waals surface area contributed by atoms with Gasteiger partial charge in [-0.2, -0.15) is 0 Å². The molecule has 0 aliphatic rings. The highest BCUT2D eigenvalue weighted by Gasteiger charge is 2.19. The molecule has 2 heterocycles. The first-order valence-electron chi connectivity index (χ1n) is 17.4. The molecule has 3 heteroatoms. The summed E-state index contributed by atoms with van der Waals surface area (Å²) in [4.78, 5) is 2.35. The van der Waals surface area contributed by atoms with Gasteiger partial charge in [0.25, 0.3) is 0 Å². The third kappa shape index (κ3) is 4.19. The Kier molecular flexibility index (Phi) is 5.96. The Balaban J connectivity index is 1.14. The Hall–Kier alpha value is -6.84. The summed E-state index contributed by atoms with van der Waals surface area (Å²) >= 11 is 0. The molecule has 0 aliphatic heterocycles. The van der Waals surface area contributed by atoms with Crippen LogP contribution in [0, 0.1) is 0 Å². The molecule has 0 fully saturated rings. The lowest BCUT2D eigenvalue weighted by atomic mass is 9.94. The van der Waals surface area contributed by atoms with E-state index in [1.807, 2.05) is 12.1 Å². The summed E-state index contributed by atoms with van der Waals surface area (Å²) < 4.78 is 8.78. The van der Waals surface area contributed by atoms with Gasteiger partial charge in [0.1, 0.15) is 11.2 Å². The third-order valence-corrected chi connectivity index (χ3v) is 10.6.